The van der Waals surface area contributed by atoms with E-state index >= 15 is 0 Å². The summed E-state index contributed by atoms with van der Waals surface area (Å²) in [5.74, 6) is -1.15. The Balaban J connectivity index is 1.38. The average Bonchev–Trinajstić information content (AvgIpc) is 3.09. The summed E-state index contributed by atoms with van der Waals surface area (Å²) in [6, 6.07) is 30.4. The zero-order chi connectivity index (χ0) is 34.3. The molecule has 2 atom stereocenters. The van der Waals surface area contributed by atoms with Gasteiger partial charge in [-0.2, -0.15) is 4.99 Å². The van der Waals surface area contributed by atoms with Gasteiger partial charge < -0.3 is 36.7 Å². The summed E-state index contributed by atoms with van der Waals surface area (Å²) in [6.07, 6.45) is -2.49. The van der Waals surface area contributed by atoms with Crippen LogP contribution in [0.2, 0.25) is 0 Å². The second-order valence-electron chi connectivity index (χ2n) is 10.8. The summed E-state index contributed by atoms with van der Waals surface area (Å²) in [6.45, 7) is 0.169. The average molecular weight is 652 g/mol. The molecule has 4 aromatic rings. The van der Waals surface area contributed by atoms with Gasteiger partial charge in [0.15, 0.2) is 6.10 Å². The minimum Gasteiger partial charge on any atom is -0.508 e. The van der Waals surface area contributed by atoms with Gasteiger partial charge in [-0.05, 0) is 47.2 Å². The lowest BCUT2D eigenvalue weighted by molar-refractivity contribution is -0.134. The highest BCUT2D eigenvalue weighted by molar-refractivity contribution is 6.02. The molecule has 0 aromatic heterocycles. The van der Waals surface area contributed by atoms with Crippen LogP contribution in [0.3, 0.4) is 0 Å². The van der Waals surface area contributed by atoms with Crippen LogP contribution in [0.15, 0.2) is 114 Å². The molecule has 0 fully saturated rings. The molecule has 0 spiro atoms. The standard InChI is InChI=1S/C36H37N5O7/c37-32(41-36(46)47-23-27-9-5-2-6-10-27)28-16-11-26(12-17-28)22-39-33(43)30(21-25-13-18-29(42)19-14-25)40-34(44)31(48-35(38)45)20-15-24-7-3-1-4-8-24/h1-14,16-19,30-31,42H,15,20-23H2,(H2,38,45)(H,39,43)(H,40,44)(H2,37,41,46)/t30-,31+/m0/s1. The molecule has 48 heavy (non-hydrogen) atoms. The summed E-state index contributed by atoms with van der Waals surface area (Å²) >= 11 is 0. The minimum absolute atomic E-state index is 0.0275. The van der Waals surface area contributed by atoms with Gasteiger partial charge in [-0.1, -0.05) is 97.1 Å². The zero-order valence-electron chi connectivity index (χ0n) is 26.1. The van der Waals surface area contributed by atoms with Gasteiger partial charge in [0.2, 0.25) is 5.91 Å². The lowest BCUT2D eigenvalue weighted by Crippen LogP contribution is -2.51. The van der Waals surface area contributed by atoms with E-state index in [0.29, 0.717) is 23.1 Å². The Kier molecular flexibility index (Phi) is 12.7. The number of nitrogens with two attached hydrogens (primary N) is 2. The van der Waals surface area contributed by atoms with Crippen LogP contribution in [0.5, 0.6) is 5.75 Å². The lowest BCUT2D eigenvalue weighted by atomic mass is 10.0. The Morgan fingerprint density at radius 2 is 1.33 bits per heavy atom. The lowest BCUT2D eigenvalue weighted by Gasteiger charge is -2.22. The number of primary amides is 1. The number of phenolic OH excluding ortho intramolecular Hbond substituents is 1. The van der Waals surface area contributed by atoms with E-state index in [1.54, 1.807) is 36.4 Å². The number of carbonyl (C=O) groups is 4. The number of aryl methyl sites for hydroxylation is 1. The number of phenols is 1. The van der Waals surface area contributed by atoms with Crippen molar-refractivity contribution in [2.45, 2.75) is 44.6 Å². The second kappa shape index (κ2) is 17.5. The van der Waals surface area contributed by atoms with Crippen molar-refractivity contribution in [2.75, 3.05) is 0 Å². The number of aromatic hydroxyl groups is 1. The highest BCUT2D eigenvalue weighted by Gasteiger charge is 2.28. The maximum atomic E-state index is 13.4. The van der Waals surface area contributed by atoms with Gasteiger partial charge >= 0.3 is 12.2 Å². The Labute approximate surface area is 277 Å². The molecular weight excluding hydrogens is 614 g/mol. The van der Waals surface area contributed by atoms with Gasteiger partial charge in [-0.25, -0.2) is 9.59 Å². The van der Waals surface area contributed by atoms with E-state index in [1.165, 1.54) is 12.1 Å². The highest BCUT2D eigenvalue weighted by Crippen LogP contribution is 2.14. The van der Waals surface area contributed by atoms with Gasteiger partial charge in [0.1, 0.15) is 24.2 Å². The molecule has 4 aromatic carbocycles. The fraction of sp³-hybridized carbons (Fsp3) is 0.194. The van der Waals surface area contributed by atoms with Crippen molar-refractivity contribution < 1.29 is 33.8 Å². The third-order valence-electron chi connectivity index (χ3n) is 7.23. The molecule has 4 rings (SSSR count). The van der Waals surface area contributed by atoms with E-state index in [4.69, 9.17) is 20.9 Å². The maximum absolute atomic E-state index is 13.4. The topological polar surface area (TPSA) is 195 Å². The van der Waals surface area contributed by atoms with Crippen LogP contribution in [0.25, 0.3) is 0 Å². The van der Waals surface area contributed by atoms with E-state index in [0.717, 1.165) is 11.1 Å². The molecule has 0 aliphatic carbocycles. The predicted molar refractivity (Wildman–Crippen MR) is 179 cm³/mol. The summed E-state index contributed by atoms with van der Waals surface area (Å²) in [4.78, 5) is 54.2. The van der Waals surface area contributed by atoms with Crippen LogP contribution in [0.1, 0.15) is 34.2 Å². The SMILES string of the molecule is NC(=O)O[C@H](CCc1ccccc1)C(=O)N[C@@H](Cc1ccc(O)cc1)C(=O)NCc1ccc(C(N)=NC(=O)OCc2ccccc2)cc1. The van der Waals surface area contributed by atoms with Crippen molar-refractivity contribution in [2.24, 2.45) is 16.5 Å². The van der Waals surface area contributed by atoms with Gasteiger partial charge in [-0.15, -0.1) is 0 Å². The molecule has 0 heterocycles. The van der Waals surface area contributed by atoms with E-state index in [2.05, 4.69) is 15.6 Å². The first-order valence-electron chi connectivity index (χ1n) is 15.2. The zero-order valence-corrected chi connectivity index (χ0v) is 26.1. The number of carbonyl (C=O) groups excluding carboxylic acids is 4. The van der Waals surface area contributed by atoms with Crippen molar-refractivity contribution in [3.05, 3.63) is 137 Å². The van der Waals surface area contributed by atoms with Crippen LogP contribution in [0.4, 0.5) is 9.59 Å². The monoisotopic (exact) mass is 651 g/mol. The third-order valence-corrected chi connectivity index (χ3v) is 7.23. The number of ether oxygens (including phenoxy) is 2. The van der Waals surface area contributed by atoms with Gasteiger partial charge in [0, 0.05) is 18.5 Å². The Bertz CT molecular complexity index is 1700. The van der Waals surface area contributed by atoms with Crippen molar-refractivity contribution in [3.63, 3.8) is 0 Å². The molecular formula is C36H37N5O7. The van der Waals surface area contributed by atoms with E-state index in [-0.39, 0.29) is 37.6 Å². The molecule has 248 valence electrons. The first-order valence-corrected chi connectivity index (χ1v) is 15.2. The largest absolute Gasteiger partial charge is 0.508 e. The molecule has 0 aliphatic rings. The molecule has 0 radical (unpaired) electrons. The van der Waals surface area contributed by atoms with Crippen LogP contribution in [0, 0.1) is 0 Å². The molecule has 0 unspecified atom stereocenters. The first-order chi connectivity index (χ1) is 23.2. The maximum Gasteiger partial charge on any atom is 0.435 e. The Morgan fingerprint density at radius 1 is 0.729 bits per heavy atom. The Hall–Kier alpha value is -6.17. The summed E-state index contributed by atoms with van der Waals surface area (Å²) in [5.41, 5.74) is 14.9. The number of aliphatic imine (C=N–C) groups is 1. The first kappa shape index (κ1) is 34.7. The van der Waals surface area contributed by atoms with Crippen molar-refractivity contribution in [3.8, 4) is 5.75 Å². The number of nitrogens with zero attached hydrogens (tertiary/aromatic N) is 1. The second-order valence-corrected chi connectivity index (χ2v) is 10.8. The van der Waals surface area contributed by atoms with E-state index in [9.17, 15) is 24.3 Å². The normalized spacial score (nSPS) is 12.3. The summed E-state index contributed by atoms with van der Waals surface area (Å²) < 4.78 is 10.3. The van der Waals surface area contributed by atoms with Crippen LogP contribution in [-0.2, 0) is 45.1 Å². The Morgan fingerprint density at radius 3 is 1.96 bits per heavy atom. The number of benzene rings is 4. The highest BCUT2D eigenvalue weighted by atomic mass is 16.6. The number of hydrogen-bond donors (Lipinski definition) is 5. The number of hydrogen-bond acceptors (Lipinski definition) is 7. The summed E-state index contributed by atoms with van der Waals surface area (Å²) in [5, 5.41) is 15.2. The summed E-state index contributed by atoms with van der Waals surface area (Å²) in [7, 11) is 0. The van der Waals surface area contributed by atoms with Crippen LogP contribution >= 0.6 is 0 Å². The molecule has 0 saturated heterocycles. The van der Waals surface area contributed by atoms with Gasteiger partial charge in [-0.3, -0.25) is 9.59 Å². The quantitative estimate of drug-likeness (QED) is 0.100. The van der Waals surface area contributed by atoms with Crippen molar-refractivity contribution in [1.29, 1.82) is 0 Å². The molecule has 12 nitrogen and oxygen atoms in total. The van der Waals surface area contributed by atoms with Gasteiger partial charge in [0.05, 0.1) is 0 Å². The molecule has 12 heteroatoms. The van der Waals surface area contributed by atoms with Crippen molar-refractivity contribution >= 4 is 29.8 Å². The molecule has 0 aliphatic heterocycles. The van der Waals surface area contributed by atoms with Crippen LogP contribution < -0.4 is 22.1 Å². The van der Waals surface area contributed by atoms with E-state index in [1.807, 2.05) is 60.7 Å². The molecule has 0 saturated carbocycles. The van der Waals surface area contributed by atoms with Crippen LogP contribution in [-0.4, -0.2) is 47.1 Å². The fourth-order valence-electron chi connectivity index (χ4n) is 4.69. The molecule has 4 amide bonds. The smallest absolute Gasteiger partial charge is 0.435 e. The predicted octanol–water partition coefficient (Wildman–Crippen LogP) is 3.87. The fourth-order valence-corrected chi connectivity index (χ4v) is 4.69. The third kappa shape index (κ3) is 11.3. The number of rotatable bonds is 14. The minimum atomic E-state index is -1.23. The molecule has 0 bridgehead atoms. The van der Waals surface area contributed by atoms with Gasteiger partial charge in [0.25, 0.3) is 5.91 Å². The van der Waals surface area contributed by atoms with Crippen molar-refractivity contribution in [1.82, 2.24) is 10.6 Å². The number of amidine groups is 1. The number of nitrogens with one attached hydrogen (secondary N) is 2. The molecule has 7 N–H and O–H groups in total. The van der Waals surface area contributed by atoms with E-state index < -0.39 is 36.1 Å². The number of amides is 4.